The molecule has 0 bridgehead atoms. The summed E-state index contributed by atoms with van der Waals surface area (Å²) in [4.78, 5) is 30.4. The quantitative estimate of drug-likeness (QED) is 0.471. The number of amides is 3. The summed E-state index contributed by atoms with van der Waals surface area (Å²) in [5.41, 5.74) is 1.12. The van der Waals surface area contributed by atoms with E-state index in [1.807, 2.05) is 41.8 Å². The number of urea groups is 1. The maximum Gasteiger partial charge on any atom is 0.321 e. The Kier molecular flexibility index (Phi) is 8.58. The first-order chi connectivity index (χ1) is 17.1. The second-order valence-corrected chi connectivity index (χ2v) is 9.16. The Hall–Kier alpha value is -3.56. The van der Waals surface area contributed by atoms with Crippen LogP contribution in [0.1, 0.15) is 15.2 Å². The molecule has 0 unspecified atom stereocenters. The summed E-state index contributed by atoms with van der Waals surface area (Å²) in [6.07, 6.45) is 0. The number of nitrogens with one attached hydrogen (secondary N) is 2. The van der Waals surface area contributed by atoms with Crippen molar-refractivity contribution in [2.24, 2.45) is 0 Å². The van der Waals surface area contributed by atoms with Gasteiger partial charge in [-0.25, -0.2) is 4.79 Å². The number of hydrogen-bond acceptors (Lipinski definition) is 6. The number of thiophene rings is 1. The lowest BCUT2D eigenvalue weighted by Crippen LogP contribution is -2.50. The molecule has 8 nitrogen and oxygen atoms in total. The van der Waals surface area contributed by atoms with Crippen LogP contribution in [0.15, 0.2) is 66.0 Å². The van der Waals surface area contributed by atoms with E-state index in [4.69, 9.17) is 9.47 Å². The standard InChI is InChI=1S/C26H30N4O4S/c1-33-22-7-3-8-23(18-22)34-15-14-29-10-12-30(13-11-29)26(32)28-21-6-2-5-20(17-21)25(31)27-19-24-9-4-16-35-24/h2-9,16-18H,10-15,19H2,1H3,(H,27,31)(H,28,32). The zero-order valence-electron chi connectivity index (χ0n) is 19.7. The molecule has 1 fully saturated rings. The zero-order valence-corrected chi connectivity index (χ0v) is 20.6. The van der Waals surface area contributed by atoms with E-state index in [1.54, 1.807) is 47.6 Å². The van der Waals surface area contributed by atoms with Gasteiger partial charge in [0.15, 0.2) is 0 Å². The first kappa shape index (κ1) is 24.6. The molecule has 0 saturated carbocycles. The van der Waals surface area contributed by atoms with Crippen molar-refractivity contribution in [1.29, 1.82) is 0 Å². The van der Waals surface area contributed by atoms with Crippen LogP contribution in [-0.4, -0.2) is 68.2 Å². The topological polar surface area (TPSA) is 83.1 Å². The van der Waals surface area contributed by atoms with Crippen LogP contribution in [-0.2, 0) is 6.54 Å². The fraction of sp³-hybridized carbons (Fsp3) is 0.308. The molecule has 0 radical (unpaired) electrons. The van der Waals surface area contributed by atoms with Crippen molar-refractivity contribution in [3.05, 3.63) is 76.5 Å². The molecule has 9 heteroatoms. The molecule has 1 aliphatic heterocycles. The molecule has 184 valence electrons. The Morgan fingerprint density at radius 3 is 2.54 bits per heavy atom. The highest BCUT2D eigenvalue weighted by Gasteiger charge is 2.21. The Bertz CT molecular complexity index is 1110. The molecule has 2 N–H and O–H groups in total. The van der Waals surface area contributed by atoms with Crippen molar-refractivity contribution in [2.45, 2.75) is 6.54 Å². The molecule has 3 amide bonds. The second kappa shape index (κ2) is 12.2. The van der Waals surface area contributed by atoms with Gasteiger partial charge in [0.2, 0.25) is 0 Å². The summed E-state index contributed by atoms with van der Waals surface area (Å²) in [7, 11) is 1.63. The molecule has 4 rings (SSSR count). The number of ether oxygens (including phenoxy) is 2. The maximum absolute atomic E-state index is 12.8. The van der Waals surface area contributed by atoms with Gasteiger partial charge in [0.25, 0.3) is 5.91 Å². The summed E-state index contributed by atoms with van der Waals surface area (Å²) in [6.45, 7) is 4.66. The molecular weight excluding hydrogens is 464 g/mol. The van der Waals surface area contributed by atoms with Gasteiger partial charge >= 0.3 is 6.03 Å². The number of nitrogens with zero attached hydrogens (tertiary/aromatic N) is 2. The molecular formula is C26H30N4O4S. The van der Waals surface area contributed by atoms with E-state index in [0.717, 1.165) is 36.0 Å². The van der Waals surface area contributed by atoms with E-state index in [1.165, 1.54) is 0 Å². The normalized spacial score (nSPS) is 13.8. The van der Waals surface area contributed by atoms with Crippen molar-refractivity contribution in [2.75, 3.05) is 51.8 Å². The Morgan fingerprint density at radius 2 is 1.77 bits per heavy atom. The number of rotatable bonds is 9. The van der Waals surface area contributed by atoms with Crippen LogP contribution in [0.5, 0.6) is 11.5 Å². The summed E-state index contributed by atoms with van der Waals surface area (Å²) >= 11 is 1.60. The molecule has 35 heavy (non-hydrogen) atoms. The van der Waals surface area contributed by atoms with Crippen LogP contribution in [0.4, 0.5) is 10.5 Å². The van der Waals surface area contributed by atoms with Crippen molar-refractivity contribution in [3.63, 3.8) is 0 Å². The Labute approximate surface area is 209 Å². The van der Waals surface area contributed by atoms with Gasteiger partial charge in [-0.2, -0.15) is 0 Å². The third kappa shape index (κ3) is 7.21. The van der Waals surface area contributed by atoms with Crippen LogP contribution < -0.4 is 20.1 Å². The number of anilines is 1. The first-order valence-corrected chi connectivity index (χ1v) is 12.4. The summed E-state index contributed by atoms with van der Waals surface area (Å²) in [5.74, 6) is 1.38. The lowest BCUT2D eigenvalue weighted by molar-refractivity contribution is 0.0951. The summed E-state index contributed by atoms with van der Waals surface area (Å²) in [5, 5.41) is 7.81. The lowest BCUT2D eigenvalue weighted by Gasteiger charge is -2.34. The predicted octanol–water partition coefficient (Wildman–Crippen LogP) is 3.92. The average molecular weight is 495 g/mol. The highest BCUT2D eigenvalue weighted by Crippen LogP contribution is 2.19. The number of carbonyl (C=O) groups is 2. The van der Waals surface area contributed by atoms with Crippen LogP contribution in [0.25, 0.3) is 0 Å². The van der Waals surface area contributed by atoms with E-state index in [0.29, 0.717) is 37.5 Å². The van der Waals surface area contributed by atoms with Gasteiger partial charge in [0.1, 0.15) is 18.1 Å². The van der Waals surface area contributed by atoms with Gasteiger partial charge in [0, 0.05) is 54.9 Å². The van der Waals surface area contributed by atoms with E-state index < -0.39 is 0 Å². The van der Waals surface area contributed by atoms with Crippen molar-refractivity contribution >= 4 is 29.0 Å². The average Bonchev–Trinajstić information content (AvgIpc) is 3.42. The maximum atomic E-state index is 12.8. The molecule has 1 aromatic heterocycles. The van der Waals surface area contributed by atoms with E-state index in [-0.39, 0.29) is 11.9 Å². The molecule has 0 aliphatic carbocycles. The number of hydrogen-bond donors (Lipinski definition) is 2. The van der Waals surface area contributed by atoms with Crippen molar-refractivity contribution in [3.8, 4) is 11.5 Å². The minimum atomic E-state index is -0.167. The number of benzene rings is 2. The van der Waals surface area contributed by atoms with E-state index >= 15 is 0 Å². The number of piperazine rings is 1. The van der Waals surface area contributed by atoms with E-state index in [9.17, 15) is 9.59 Å². The summed E-state index contributed by atoms with van der Waals surface area (Å²) in [6, 6.07) is 18.3. The van der Waals surface area contributed by atoms with Gasteiger partial charge in [-0.05, 0) is 41.8 Å². The SMILES string of the molecule is COc1cccc(OCCN2CCN(C(=O)Nc3cccc(C(=O)NCc4cccs4)c3)CC2)c1. The highest BCUT2D eigenvalue weighted by atomic mass is 32.1. The fourth-order valence-corrected chi connectivity index (χ4v) is 4.43. The van der Waals surface area contributed by atoms with E-state index in [2.05, 4.69) is 15.5 Å². The Balaban J connectivity index is 1.19. The third-order valence-corrected chi connectivity index (χ3v) is 6.63. The van der Waals surface area contributed by atoms with Crippen LogP contribution in [0.2, 0.25) is 0 Å². The van der Waals surface area contributed by atoms with Crippen LogP contribution in [0, 0.1) is 0 Å². The van der Waals surface area contributed by atoms with Gasteiger partial charge in [-0.3, -0.25) is 9.69 Å². The molecule has 2 heterocycles. The zero-order chi connectivity index (χ0) is 24.5. The molecule has 1 saturated heterocycles. The molecule has 0 atom stereocenters. The predicted molar refractivity (Wildman–Crippen MR) is 137 cm³/mol. The van der Waals surface area contributed by atoms with Gasteiger partial charge in [-0.15, -0.1) is 11.3 Å². The Morgan fingerprint density at radius 1 is 0.971 bits per heavy atom. The minimum absolute atomic E-state index is 0.159. The number of methoxy groups -OCH3 is 1. The molecule has 2 aromatic carbocycles. The summed E-state index contributed by atoms with van der Waals surface area (Å²) < 4.78 is 11.0. The van der Waals surface area contributed by atoms with Crippen LogP contribution in [0.3, 0.4) is 0 Å². The minimum Gasteiger partial charge on any atom is -0.497 e. The van der Waals surface area contributed by atoms with Gasteiger partial charge < -0.3 is 25.0 Å². The van der Waals surface area contributed by atoms with Crippen LogP contribution >= 0.6 is 11.3 Å². The van der Waals surface area contributed by atoms with Gasteiger partial charge in [-0.1, -0.05) is 18.2 Å². The second-order valence-electron chi connectivity index (χ2n) is 8.13. The molecule has 0 spiro atoms. The fourth-order valence-electron chi connectivity index (χ4n) is 3.78. The first-order valence-electron chi connectivity index (χ1n) is 11.6. The third-order valence-electron chi connectivity index (χ3n) is 5.76. The monoisotopic (exact) mass is 494 g/mol. The smallest absolute Gasteiger partial charge is 0.321 e. The van der Waals surface area contributed by atoms with Crippen molar-refractivity contribution < 1.29 is 19.1 Å². The highest BCUT2D eigenvalue weighted by molar-refractivity contribution is 7.09. The number of carbonyl (C=O) groups excluding carboxylic acids is 2. The van der Waals surface area contributed by atoms with Crippen molar-refractivity contribution in [1.82, 2.24) is 15.1 Å². The molecule has 1 aliphatic rings. The molecule has 3 aromatic rings. The van der Waals surface area contributed by atoms with Gasteiger partial charge in [0.05, 0.1) is 13.7 Å². The lowest BCUT2D eigenvalue weighted by atomic mass is 10.2. The largest absolute Gasteiger partial charge is 0.497 e.